The standard InChI is InChI=1S/C15H14N4/c1-4-12-10-16-7-2-6-14(16)15-18-9-3-8-17(18)11-13(5-1)19(12)15/h1-9,15H,10-11H2/q+2/t15-/m1/s1. The molecule has 92 valence electrons. The highest BCUT2D eigenvalue weighted by Gasteiger charge is 2.46. The molecule has 3 aromatic heterocycles. The summed E-state index contributed by atoms with van der Waals surface area (Å²) in [5, 5.41) is 0. The number of aromatic nitrogens is 4. The van der Waals surface area contributed by atoms with Crippen molar-refractivity contribution in [1.29, 1.82) is 0 Å². The lowest BCUT2D eigenvalue weighted by atomic mass is 10.1. The van der Waals surface area contributed by atoms with Crippen LogP contribution in [0.2, 0.25) is 0 Å². The van der Waals surface area contributed by atoms with Crippen LogP contribution in [0.5, 0.6) is 0 Å². The van der Waals surface area contributed by atoms with Crippen molar-refractivity contribution < 1.29 is 9.25 Å². The zero-order valence-electron chi connectivity index (χ0n) is 10.5. The van der Waals surface area contributed by atoms with Crippen LogP contribution >= 0.6 is 0 Å². The van der Waals surface area contributed by atoms with Crippen molar-refractivity contribution in [2.75, 3.05) is 0 Å². The monoisotopic (exact) mass is 250 g/mol. The minimum atomic E-state index is 0.249. The summed E-state index contributed by atoms with van der Waals surface area (Å²) in [5.74, 6) is 0. The zero-order valence-corrected chi connectivity index (χ0v) is 10.5. The van der Waals surface area contributed by atoms with Crippen molar-refractivity contribution >= 4 is 0 Å². The minimum absolute atomic E-state index is 0.249. The van der Waals surface area contributed by atoms with E-state index in [2.05, 4.69) is 73.5 Å². The first-order chi connectivity index (χ1) is 9.42. The van der Waals surface area contributed by atoms with E-state index in [9.17, 15) is 0 Å². The first-order valence-corrected chi connectivity index (χ1v) is 6.66. The normalized spacial score (nSPS) is 18.6. The SMILES string of the molecule is c1cc2[n+]3c(c1)Cn1ccc[n+]1[C@H]3c1cccn1C2. The summed E-state index contributed by atoms with van der Waals surface area (Å²) < 4.78 is 9.43. The number of rotatable bonds is 0. The molecule has 0 saturated heterocycles. The van der Waals surface area contributed by atoms with Gasteiger partial charge < -0.3 is 4.57 Å². The Morgan fingerprint density at radius 2 is 1.84 bits per heavy atom. The van der Waals surface area contributed by atoms with E-state index in [1.165, 1.54) is 17.1 Å². The van der Waals surface area contributed by atoms with Gasteiger partial charge in [0.05, 0.1) is 6.20 Å². The lowest BCUT2D eigenvalue weighted by molar-refractivity contribution is -0.988. The number of pyridine rings is 1. The van der Waals surface area contributed by atoms with Gasteiger partial charge in [0, 0.05) is 24.4 Å². The summed E-state index contributed by atoms with van der Waals surface area (Å²) in [6.07, 6.45) is 6.74. The Balaban J connectivity index is 1.89. The second-order valence-electron chi connectivity index (χ2n) is 5.28. The summed E-state index contributed by atoms with van der Waals surface area (Å²) in [5.41, 5.74) is 4.12. The summed E-state index contributed by atoms with van der Waals surface area (Å²) >= 11 is 0. The van der Waals surface area contributed by atoms with Gasteiger partial charge in [-0.05, 0) is 22.9 Å². The zero-order chi connectivity index (χ0) is 12.4. The molecule has 0 aromatic carbocycles. The van der Waals surface area contributed by atoms with Crippen LogP contribution in [0.4, 0.5) is 0 Å². The molecule has 0 saturated carbocycles. The van der Waals surface area contributed by atoms with E-state index in [1.807, 2.05) is 0 Å². The van der Waals surface area contributed by atoms with Gasteiger partial charge in [0.2, 0.25) is 17.6 Å². The topological polar surface area (TPSA) is 17.6 Å². The maximum Gasteiger partial charge on any atom is 0.416 e. The fraction of sp³-hybridized carbons (Fsp3) is 0.200. The molecule has 0 amide bonds. The van der Waals surface area contributed by atoms with Crippen molar-refractivity contribution in [2.45, 2.75) is 19.3 Å². The third-order valence-corrected chi connectivity index (χ3v) is 4.27. The highest BCUT2D eigenvalue weighted by atomic mass is 15.5. The van der Waals surface area contributed by atoms with E-state index in [0.29, 0.717) is 0 Å². The van der Waals surface area contributed by atoms with E-state index in [4.69, 9.17) is 0 Å². The molecule has 0 unspecified atom stereocenters. The van der Waals surface area contributed by atoms with Crippen LogP contribution in [0, 0.1) is 0 Å². The van der Waals surface area contributed by atoms with Gasteiger partial charge in [-0.3, -0.25) is 0 Å². The largest absolute Gasteiger partial charge is 0.416 e. The van der Waals surface area contributed by atoms with Crippen molar-refractivity contribution in [3.8, 4) is 0 Å². The molecule has 4 nitrogen and oxygen atoms in total. The fourth-order valence-corrected chi connectivity index (χ4v) is 3.46. The van der Waals surface area contributed by atoms with Gasteiger partial charge in [-0.1, -0.05) is 0 Å². The van der Waals surface area contributed by atoms with E-state index in [1.54, 1.807) is 0 Å². The van der Waals surface area contributed by atoms with E-state index < -0.39 is 0 Å². The molecule has 5 heterocycles. The highest BCUT2D eigenvalue weighted by Crippen LogP contribution is 2.21. The van der Waals surface area contributed by atoms with Gasteiger partial charge in [0.15, 0.2) is 12.2 Å². The third kappa shape index (κ3) is 1.09. The molecule has 2 aliphatic heterocycles. The van der Waals surface area contributed by atoms with Crippen LogP contribution in [0.15, 0.2) is 55.0 Å². The lowest BCUT2D eigenvalue weighted by Crippen LogP contribution is -2.69. The first kappa shape index (κ1) is 9.55. The van der Waals surface area contributed by atoms with Gasteiger partial charge in [0.1, 0.15) is 6.54 Å². The maximum atomic E-state index is 2.48. The fourth-order valence-electron chi connectivity index (χ4n) is 3.46. The number of hydrogen-bond acceptors (Lipinski definition) is 0. The second-order valence-corrected chi connectivity index (χ2v) is 5.28. The van der Waals surface area contributed by atoms with Crippen molar-refractivity contribution in [2.24, 2.45) is 0 Å². The second kappa shape index (κ2) is 3.15. The smallest absolute Gasteiger partial charge is 0.329 e. The lowest BCUT2D eigenvalue weighted by Gasteiger charge is -2.23. The number of nitrogens with zero attached hydrogens (tertiary/aromatic N) is 4. The highest BCUT2D eigenvalue weighted by molar-refractivity contribution is 5.16. The van der Waals surface area contributed by atoms with Crippen molar-refractivity contribution in [3.05, 3.63) is 72.1 Å². The molecule has 0 radical (unpaired) electrons. The van der Waals surface area contributed by atoms with Crippen LogP contribution in [0.25, 0.3) is 0 Å². The van der Waals surface area contributed by atoms with E-state index in [-0.39, 0.29) is 6.17 Å². The predicted molar refractivity (Wildman–Crippen MR) is 67.4 cm³/mol. The Morgan fingerprint density at radius 1 is 0.947 bits per heavy atom. The van der Waals surface area contributed by atoms with E-state index >= 15 is 0 Å². The van der Waals surface area contributed by atoms with Crippen molar-refractivity contribution in [1.82, 2.24) is 9.25 Å². The summed E-state index contributed by atoms with van der Waals surface area (Å²) in [6, 6.07) is 13.1. The molecular formula is C15H14N4+2. The number of hydrogen-bond donors (Lipinski definition) is 0. The number of fused-ring (bicyclic) bond motifs is 4. The van der Waals surface area contributed by atoms with Gasteiger partial charge in [-0.2, -0.15) is 0 Å². The Morgan fingerprint density at radius 3 is 2.79 bits per heavy atom. The van der Waals surface area contributed by atoms with Crippen LogP contribution in [0.1, 0.15) is 23.2 Å². The summed E-state index contributed by atoms with van der Waals surface area (Å²) in [7, 11) is 0. The summed E-state index contributed by atoms with van der Waals surface area (Å²) in [4.78, 5) is 0. The maximum absolute atomic E-state index is 2.48. The molecular weight excluding hydrogens is 236 g/mol. The molecule has 1 atom stereocenters. The van der Waals surface area contributed by atoms with E-state index in [0.717, 1.165) is 13.1 Å². The molecule has 0 N–H and O–H groups in total. The molecule has 2 aliphatic rings. The van der Waals surface area contributed by atoms with Gasteiger partial charge in [-0.15, -0.1) is 9.25 Å². The molecule has 4 heteroatoms. The molecule has 0 aliphatic carbocycles. The Hall–Kier alpha value is -2.36. The quantitative estimate of drug-likeness (QED) is 0.360. The Bertz CT molecular complexity index is 734. The molecule has 5 rings (SSSR count). The average Bonchev–Trinajstić information content (AvgIpc) is 3.05. The molecule has 3 aromatic rings. The van der Waals surface area contributed by atoms with Crippen LogP contribution < -0.4 is 9.25 Å². The van der Waals surface area contributed by atoms with Crippen LogP contribution in [0.3, 0.4) is 0 Å². The van der Waals surface area contributed by atoms with Crippen molar-refractivity contribution in [3.63, 3.8) is 0 Å². The first-order valence-electron chi connectivity index (χ1n) is 6.66. The third-order valence-electron chi connectivity index (χ3n) is 4.27. The van der Waals surface area contributed by atoms with Crippen LogP contribution in [-0.2, 0) is 13.1 Å². The Kier molecular flexibility index (Phi) is 1.58. The summed E-state index contributed by atoms with van der Waals surface area (Å²) in [6.45, 7) is 1.91. The predicted octanol–water partition coefficient (Wildman–Crippen LogP) is 0.683. The van der Waals surface area contributed by atoms with Gasteiger partial charge in [-0.25, -0.2) is 0 Å². The van der Waals surface area contributed by atoms with Gasteiger partial charge in [0.25, 0.3) is 0 Å². The van der Waals surface area contributed by atoms with Crippen LogP contribution in [-0.4, -0.2) is 9.25 Å². The molecule has 19 heavy (non-hydrogen) atoms. The molecule has 0 spiro atoms. The molecule has 0 bridgehead atoms. The average molecular weight is 250 g/mol. The molecule has 0 fully saturated rings. The Labute approximate surface area is 110 Å². The minimum Gasteiger partial charge on any atom is -0.329 e. The van der Waals surface area contributed by atoms with Gasteiger partial charge >= 0.3 is 6.17 Å².